The number of aromatic nitrogens is 1. The lowest BCUT2D eigenvalue weighted by Crippen LogP contribution is -2.53. The number of nitro groups is 1. The van der Waals surface area contributed by atoms with Gasteiger partial charge in [-0.1, -0.05) is 53.1 Å². The first-order chi connectivity index (χ1) is 27.1. The van der Waals surface area contributed by atoms with Crippen LogP contribution in [0.4, 0.5) is 30.4 Å². The van der Waals surface area contributed by atoms with Gasteiger partial charge in [-0.3, -0.25) is 39.6 Å². The van der Waals surface area contributed by atoms with Crippen molar-refractivity contribution in [3.63, 3.8) is 0 Å². The normalized spacial score (nSPS) is 25.5. The Kier molecular flexibility index (Phi) is 9.03. The highest BCUT2D eigenvalue weighted by Crippen LogP contribution is 2.66. The average molecular weight is 823 g/mol. The summed E-state index contributed by atoms with van der Waals surface area (Å²) in [7, 11) is 1.35. The molecule has 0 bridgehead atoms. The van der Waals surface area contributed by atoms with Crippen molar-refractivity contribution in [2.45, 2.75) is 30.4 Å². The Bertz CT molecular complexity index is 2430. The number of rotatable bonds is 7. The van der Waals surface area contributed by atoms with Crippen LogP contribution in [-0.2, 0) is 30.8 Å². The van der Waals surface area contributed by atoms with Crippen molar-refractivity contribution in [3.05, 3.63) is 127 Å². The van der Waals surface area contributed by atoms with E-state index in [1.807, 2.05) is 0 Å². The number of hydrogen-bond acceptors (Lipinski definition) is 10. The molecule has 1 saturated carbocycles. The molecular weight excluding hydrogens is 794 g/mol. The molecule has 4 amide bonds. The zero-order valence-electron chi connectivity index (χ0n) is 29.4. The number of nitrogens with one attached hydrogen (secondary N) is 1. The number of allylic oxidation sites excluding steroid dienone is 2. The highest BCUT2D eigenvalue weighted by atomic mass is 35.5. The maximum atomic E-state index is 15.4. The number of fused-ring (bicyclic) bond motifs is 4. The second-order valence-corrected chi connectivity index (χ2v) is 14.9. The Hall–Kier alpha value is -6.00. The van der Waals surface area contributed by atoms with Crippen molar-refractivity contribution in [2.24, 2.45) is 23.7 Å². The molecule has 3 heterocycles. The molecule has 4 aromatic rings. The van der Waals surface area contributed by atoms with Crippen LogP contribution in [0.15, 0.2) is 90.6 Å². The fraction of sp³-hybridized carbons (Fsp3) is 0.256. The summed E-state index contributed by atoms with van der Waals surface area (Å²) >= 11 is 12.6. The highest BCUT2D eigenvalue weighted by molar-refractivity contribution is 6.33. The van der Waals surface area contributed by atoms with E-state index in [2.05, 4.69) is 10.4 Å². The molecule has 0 radical (unpaired) electrons. The molecule has 2 saturated heterocycles. The summed E-state index contributed by atoms with van der Waals surface area (Å²) in [6.07, 6.45) is -2.71. The van der Waals surface area contributed by atoms with E-state index in [0.717, 1.165) is 4.90 Å². The second-order valence-electron chi connectivity index (χ2n) is 14.1. The van der Waals surface area contributed by atoms with Gasteiger partial charge < -0.3 is 9.84 Å². The lowest BCUT2D eigenvalue weighted by atomic mass is 9.49. The molecule has 0 spiro atoms. The SMILES string of the molecule is COc1cccc(O)c1C1C2=CCC3C(=O)N(c4ccc([N+](=O)[O-])cc4)C(=O)C3C2CC2C(=O)N(Nc3ncc(C(F)(F)F)cc3Cl)C(=O)C21c1ccc(Cl)cc1. The molecule has 8 rings (SSSR count). The number of aromatic hydroxyl groups is 1. The molecule has 292 valence electrons. The number of hydrogen-bond donors (Lipinski definition) is 2. The van der Waals surface area contributed by atoms with Crippen LogP contribution in [-0.4, -0.2) is 50.8 Å². The largest absolute Gasteiger partial charge is 0.508 e. The number of ether oxygens (including phenoxy) is 1. The van der Waals surface area contributed by atoms with Gasteiger partial charge >= 0.3 is 6.18 Å². The number of imide groups is 2. The third-order valence-electron chi connectivity index (χ3n) is 11.4. The van der Waals surface area contributed by atoms with E-state index in [1.165, 1.54) is 55.6 Å². The molecular formula is C39H28Cl2F3N5O8. The molecule has 57 heavy (non-hydrogen) atoms. The molecule has 2 aliphatic heterocycles. The average Bonchev–Trinajstić information content (AvgIpc) is 3.56. The lowest BCUT2D eigenvalue weighted by molar-refractivity contribution is -0.384. The first kappa shape index (κ1) is 37.9. The summed E-state index contributed by atoms with van der Waals surface area (Å²) in [5.74, 6) is -8.94. The van der Waals surface area contributed by atoms with Gasteiger partial charge in [0, 0.05) is 34.8 Å². The molecule has 6 atom stereocenters. The highest BCUT2D eigenvalue weighted by Gasteiger charge is 2.71. The number of carbonyl (C=O) groups is 4. The van der Waals surface area contributed by atoms with Crippen LogP contribution in [0.5, 0.6) is 11.5 Å². The van der Waals surface area contributed by atoms with Crippen molar-refractivity contribution in [2.75, 3.05) is 17.4 Å². The summed E-state index contributed by atoms with van der Waals surface area (Å²) < 4.78 is 46.2. The second kappa shape index (κ2) is 13.6. The topological polar surface area (TPSA) is 172 Å². The van der Waals surface area contributed by atoms with Crippen molar-refractivity contribution >= 4 is 64.0 Å². The number of nitrogens with zero attached hydrogens (tertiary/aromatic N) is 4. The summed E-state index contributed by atoms with van der Waals surface area (Å²) in [4.78, 5) is 74.2. The van der Waals surface area contributed by atoms with Crippen LogP contribution in [0.25, 0.3) is 0 Å². The number of phenolic OH excluding ortho intramolecular Hbond substituents is 1. The number of amides is 4. The Morgan fingerprint density at radius 1 is 0.982 bits per heavy atom. The summed E-state index contributed by atoms with van der Waals surface area (Å²) in [5.41, 5.74) is 0.178. The predicted molar refractivity (Wildman–Crippen MR) is 197 cm³/mol. The van der Waals surface area contributed by atoms with Crippen LogP contribution in [0.3, 0.4) is 0 Å². The molecule has 2 aliphatic carbocycles. The van der Waals surface area contributed by atoms with Crippen LogP contribution in [0.2, 0.25) is 10.0 Å². The van der Waals surface area contributed by atoms with Gasteiger partial charge in [0.15, 0.2) is 5.82 Å². The summed E-state index contributed by atoms with van der Waals surface area (Å²) in [6.45, 7) is 0. The minimum atomic E-state index is -4.79. The summed E-state index contributed by atoms with van der Waals surface area (Å²) in [5, 5.41) is 23.4. The van der Waals surface area contributed by atoms with Crippen LogP contribution < -0.4 is 15.1 Å². The van der Waals surface area contributed by atoms with Gasteiger partial charge in [0.05, 0.1) is 51.5 Å². The van der Waals surface area contributed by atoms with Gasteiger partial charge in [-0.05, 0) is 66.8 Å². The number of benzene rings is 3. The fourth-order valence-electron chi connectivity index (χ4n) is 9.08. The number of non-ortho nitro benzene ring substituents is 1. The number of halogens is 5. The molecule has 3 aromatic carbocycles. The van der Waals surface area contributed by atoms with Crippen LogP contribution in [0.1, 0.15) is 35.4 Å². The number of anilines is 2. The van der Waals surface area contributed by atoms with Gasteiger partial charge in [-0.15, -0.1) is 0 Å². The van der Waals surface area contributed by atoms with Gasteiger partial charge in [-0.25, -0.2) is 4.98 Å². The zero-order valence-corrected chi connectivity index (χ0v) is 30.9. The number of carbonyl (C=O) groups excluding carboxylic acids is 4. The first-order valence-electron chi connectivity index (χ1n) is 17.4. The van der Waals surface area contributed by atoms with Crippen LogP contribution >= 0.6 is 23.2 Å². The Labute approximate surface area is 330 Å². The van der Waals surface area contributed by atoms with Crippen molar-refractivity contribution in [1.82, 2.24) is 9.99 Å². The molecule has 4 aliphatic rings. The Balaban J connectivity index is 1.32. The van der Waals surface area contributed by atoms with E-state index in [4.69, 9.17) is 27.9 Å². The minimum Gasteiger partial charge on any atom is -0.508 e. The van der Waals surface area contributed by atoms with E-state index in [0.29, 0.717) is 27.9 Å². The van der Waals surface area contributed by atoms with Crippen molar-refractivity contribution in [3.8, 4) is 11.5 Å². The van der Waals surface area contributed by atoms with E-state index >= 15 is 4.79 Å². The van der Waals surface area contributed by atoms with Crippen molar-refractivity contribution in [1.29, 1.82) is 0 Å². The third kappa shape index (κ3) is 5.71. The number of methoxy groups -OCH3 is 1. The Morgan fingerprint density at radius 3 is 2.32 bits per heavy atom. The minimum absolute atomic E-state index is 0.0213. The number of nitro benzene ring substituents is 1. The van der Waals surface area contributed by atoms with E-state index in [-0.39, 0.29) is 46.8 Å². The van der Waals surface area contributed by atoms with Gasteiger partial charge in [0.1, 0.15) is 11.5 Å². The molecule has 3 fully saturated rings. The number of hydrazine groups is 1. The van der Waals surface area contributed by atoms with E-state index in [9.17, 15) is 42.8 Å². The van der Waals surface area contributed by atoms with Gasteiger partial charge in [0.2, 0.25) is 11.8 Å². The molecule has 13 nitrogen and oxygen atoms in total. The predicted octanol–water partition coefficient (Wildman–Crippen LogP) is 7.22. The van der Waals surface area contributed by atoms with Crippen molar-refractivity contribution < 1.29 is 47.1 Å². The number of alkyl halides is 3. The fourth-order valence-corrected chi connectivity index (χ4v) is 9.41. The zero-order chi connectivity index (χ0) is 40.7. The molecule has 1 aromatic heterocycles. The molecule has 2 N–H and O–H groups in total. The standard InChI is InChI=1S/C39H28Cl2F3N5O8/c1-57-29-4-2-3-28(50)31(29)32-23-13-14-24-30(36(53)47(34(24)51)21-9-11-22(12-10-21)49(55)56)25(23)16-26-35(52)48(37(54)38(26,32)18-5-7-20(40)8-6-18)46-33-27(41)15-19(17-45-33)39(42,43)44/h2-13,15,17,24-26,30,32,50H,14,16H2,1H3,(H,45,46). The van der Waals surface area contributed by atoms with Gasteiger partial charge in [-0.2, -0.15) is 18.2 Å². The third-order valence-corrected chi connectivity index (χ3v) is 12.0. The van der Waals surface area contributed by atoms with Gasteiger partial charge in [0.25, 0.3) is 17.5 Å². The smallest absolute Gasteiger partial charge is 0.417 e. The molecule has 18 heteroatoms. The molecule has 6 unspecified atom stereocenters. The summed E-state index contributed by atoms with van der Waals surface area (Å²) in [6, 6.07) is 16.1. The Morgan fingerprint density at radius 2 is 1.68 bits per heavy atom. The monoisotopic (exact) mass is 821 g/mol. The number of pyridine rings is 1. The number of phenols is 1. The van der Waals surface area contributed by atoms with Crippen LogP contribution in [0, 0.1) is 33.8 Å². The van der Waals surface area contributed by atoms with E-state index < -0.39 is 86.1 Å². The van der Waals surface area contributed by atoms with E-state index in [1.54, 1.807) is 24.3 Å². The first-order valence-corrected chi connectivity index (χ1v) is 18.2. The maximum absolute atomic E-state index is 15.4. The lowest BCUT2D eigenvalue weighted by Gasteiger charge is -2.50. The maximum Gasteiger partial charge on any atom is 0.417 e. The quantitative estimate of drug-likeness (QED) is 0.0839.